The maximum Gasteiger partial charge on any atom is 0.308 e. The molecule has 4 heterocycles. The molecular formula is C20H24N2O4S. The number of thiophene rings is 1. The van der Waals surface area contributed by atoms with Crippen LogP contribution in [-0.2, 0) is 11.3 Å². The Balaban J connectivity index is 1.47. The molecule has 2 aromatic rings. The zero-order chi connectivity index (χ0) is 19.0. The summed E-state index contributed by atoms with van der Waals surface area (Å²) in [5.74, 6) is -1.18. The standard InChI is InChI=1S/C20H24N2O4S/c1-14-2-8-26-17(14)18(23)22-11-16(19(24)25)20(13-22)4-6-21(7-5-20)10-15-3-9-27-12-15/h2-3,8-9,12,16H,4-7,10-11,13H2,1H3,(H,24,25). The number of aliphatic carboxylic acids is 1. The summed E-state index contributed by atoms with van der Waals surface area (Å²) in [5.41, 5.74) is 1.76. The number of amides is 1. The second kappa shape index (κ2) is 7.13. The topological polar surface area (TPSA) is 74.0 Å². The van der Waals surface area contributed by atoms with Gasteiger partial charge < -0.3 is 14.4 Å². The number of rotatable bonds is 4. The van der Waals surface area contributed by atoms with Crippen LogP contribution in [0.1, 0.15) is 34.5 Å². The van der Waals surface area contributed by atoms with E-state index in [0.29, 0.717) is 12.3 Å². The van der Waals surface area contributed by atoms with Crippen LogP contribution in [-0.4, -0.2) is 53.0 Å². The molecule has 2 fully saturated rings. The van der Waals surface area contributed by atoms with Crippen LogP contribution in [0.25, 0.3) is 0 Å². The predicted octanol–water partition coefficient (Wildman–Crippen LogP) is 3.09. The lowest BCUT2D eigenvalue weighted by atomic mass is 9.71. The minimum Gasteiger partial charge on any atom is -0.481 e. The fraction of sp³-hybridized carbons (Fsp3) is 0.500. The molecule has 1 N–H and O–H groups in total. The van der Waals surface area contributed by atoms with E-state index in [1.165, 1.54) is 11.8 Å². The summed E-state index contributed by atoms with van der Waals surface area (Å²) >= 11 is 1.70. The lowest BCUT2D eigenvalue weighted by molar-refractivity contribution is -0.145. The van der Waals surface area contributed by atoms with Crippen molar-refractivity contribution in [2.45, 2.75) is 26.3 Å². The zero-order valence-corrected chi connectivity index (χ0v) is 16.2. The third-order valence-corrected chi connectivity index (χ3v) is 6.86. The van der Waals surface area contributed by atoms with Gasteiger partial charge in [0.1, 0.15) is 0 Å². The molecule has 2 aromatic heterocycles. The lowest BCUT2D eigenvalue weighted by Gasteiger charge is -2.41. The SMILES string of the molecule is Cc1ccoc1C(=O)N1CC(C(=O)O)C2(CCN(Cc3ccsc3)CC2)C1. The first kappa shape index (κ1) is 18.3. The van der Waals surface area contributed by atoms with Gasteiger partial charge in [-0.05, 0) is 61.3 Å². The number of piperidine rings is 1. The van der Waals surface area contributed by atoms with E-state index in [2.05, 4.69) is 21.7 Å². The first-order valence-electron chi connectivity index (χ1n) is 9.28. The fourth-order valence-corrected chi connectivity index (χ4v) is 5.16. The van der Waals surface area contributed by atoms with E-state index in [4.69, 9.17) is 4.42 Å². The zero-order valence-electron chi connectivity index (χ0n) is 15.4. The van der Waals surface area contributed by atoms with Gasteiger partial charge in [0.25, 0.3) is 5.91 Å². The minimum absolute atomic E-state index is 0.193. The van der Waals surface area contributed by atoms with Gasteiger partial charge in [0.15, 0.2) is 5.76 Å². The first-order valence-corrected chi connectivity index (χ1v) is 10.2. The second-order valence-electron chi connectivity index (χ2n) is 7.78. The molecule has 1 unspecified atom stereocenters. The van der Waals surface area contributed by atoms with Crippen LogP contribution in [0.5, 0.6) is 0 Å². The summed E-state index contributed by atoms with van der Waals surface area (Å²) in [6.07, 6.45) is 3.11. The Labute approximate surface area is 162 Å². The Hall–Kier alpha value is -2.12. The van der Waals surface area contributed by atoms with Crippen LogP contribution >= 0.6 is 11.3 Å². The van der Waals surface area contributed by atoms with Crippen molar-refractivity contribution in [3.63, 3.8) is 0 Å². The highest BCUT2D eigenvalue weighted by atomic mass is 32.1. The monoisotopic (exact) mass is 388 g/mol. The molecule has 1 atom stereocenters. The molecule has 6 nitrogen and oxygen atoms in total. The molecule has 1 spiro atoms. The summed E-state index contributed by atoms with van der Waals surface area (Å²) in [5, 5.41) is 14.1. The highest BCUT2D eigenvalue weighted by molar-refractivity contribution is 7.07. The van der Waals surface area contributed by atoms with Gasteiger partial charge in [-0.25, -0.2) is 0 Å². The van der Waals surface area contributed by atoms with Crippen LogP contribution in [0.3, 0.4) is 0 Å². The van der Waals surface area contributed by atoms with Crippen molar-refractivity contribution in [2.75, 3.05) is 26.2 Å². The van der Waals surface area contributed by atoms with E-state index in [1.54, 1.807) is 22.3 Å². The van der Waals surface area contributed by atoms with E-state index >= 15 is 0 Å². The maximum atomic E-state index is 12.8. The number of likely N-dealkylation sites (tertiary alicyclic amines) is 2. The van der Waals surface area contributed by atoms with E-state index < -0.39 is 11.9 Å². The normalized spacial score (nSPS) is 22.4. The van der Waals surface area contributed by atoms with Gasteiger partial charge in [-0.15, -0.1) is 0 Å². The van der Waals surface area contributed by atoms with Gasteiger partial charge in [0, 0.05) is 30.6 Å². The Kier molecular flexibility index (Phi) is 4.82. The number of nitrogens with zero attached hydrogens (tertiary/aromatic N) is 2. The summed E-state index contributed by atoms with van der Waals surface area (Å²) < 4.78 is 5.34. The van der Waals surface area contributed by atoms with Crippen LogP contribution in [0.15, 0.2) is 33.6 Å². The van der Waals surface area contributed by atoms with Crippen LogP contribution < -0.4 is 0 Å². The maximum absolute atomic E-state index is 12.8. The van der Waals surface area contributed by atoms with Crippen molar-refractivity contribution < 1.29 is 19.1 Å². The van der Waals surface area contributed by atoms with Gasteiger partial charge in [0.05, 0.1) is 12.2 Å². The van der Waals surface area contributed by atoms with Gasteiger partial charge in [-0.3, -0.25) is 14.5 Å². The van der Waals surface area contributed by atoms with Crippen molar-refractivity contribution in [3.05, 3.63) is 46.0 Å². The highest BCUT2D eigenvalue weighted by Gasteiger charge is 2.52. The largest absolute Gasteiger partial charge is 0.481 e. The average Bonchev–Trinajstić information content (AvgIpc) is 3.37. The molecule has 2 saturated heterocycles. The van der Waals surface area contributed by atoms with Gasteiger partial charge in [0.2, 0.25) is 0 Å². The molecule has 0 bridgehead atoms. The second-order valence-corrected chi connectivity index (χ2v) is 8.56. The number of hydrogen-bond acceptors (Lipinski definition) is 5. The van der Waals surface area contributed by atoms with Crippen LogP contribution in [0.4, 0.5) is 0 Å². The van der Waals surface area contributed by atoms with Gasteiger partial charge >= 0.3 is 5.97 Å². The molecule has 0 radical (unpaired) electrons. The number of furan rings is 1. The van der Waals surface area contributed by atoms with Crippen molar-refractivity contribution in [3.8, 4) is 0 Å². The van der Waals surface area contributed by atoms with Crippen LogP contribution in [0.2, 0.25) is 0 Å². The molecule has 0 aromatic carbocycles. The Morgan fingerprint density at radius 3 is 2.70 bits per heavy atom. The van der Waals surface area contributed by atoms with E-state index in [0.717, 1.165) is 38.0 Å². The lowest BCUT2D eigenvalue weighted by Crippen LogP contribution is -2.45. The molecule has 2 aliphatic heterocycles. The number of carbonyl (C=O) groups excluding carboxylic acids is 1. The molecule has 4 rings (SSSR count). The molecule has 0 aliphatic carbocycles. The third-order valence-electron chi connectivity index (χ3n) is 6.13. The van der Waals surface area contributed by atoms with Gasteiger partial charge in [-0.1, -0.05) is 0 Å². The van der Waals surface area contributed by atoms with Crippen molar-refractivity contribution in [1.29, 1.82) is 0 Å². The Morgan fingerprint density at radius 1 is 1.33 bits per heavy atom. The van der Waals surface area contributed by atoms with Gasteiger partial charge in [-0.2, -0.15) is 11.3 Å². The molecule has 144 valence electrons. The molecule has 0 saturated carbocycles. The number of carboxylic acid groups (broad SMARTS) is 1. The number of carboxylic acids is 1. The quantitative estimate of drug-likeness (QED) is 0.871. The van der Waals surface area contributed by atoms with E-state index in [9.17, 15) is 14.7 Å². The molecule has 2 aliphatic rings. The average molecular weight is 388 g/mol. The fourth-order valence-electron chi connectivity index (χ4n) is 4.50. The van der Waals surface area contributed by atoms with E-state index in [-0.39, 0.29) is 17.9 Å². The summed E-state index contributed by atoms with van der Waals surface area (Å²) in [7, 11) is 0. The molecular weight excluding hydrogens is 364 g/mol. The number of carbonyl (C=O) groups is 2. The van der Waals surface area contributed by atoms with Crippen molar-refractivity contribution >= 4 is 23.2 Å². The van der Waals surface area contributed by atoms with Crippen molar-refractivity contribution in [1.82, 2.24) is 9.80 Å². The molecule has 1 amide bonds. The van der Waals surface area contributed by atoms with Crippen LogP contribution in [0, 0.1) is 18.3 Å². The summed E-state index contributed by atoms with van der Waals surface area (Å²) in [6, 6.07) is 3.90. The highest BCUT2D eigenvalue weighted by Crippen LogP contribution is 2.45. The van der Waals surface area contributed by atoms with E-state index in [1.807, 2.05) is 6.92 Å². The Bertz CT molecular complexity index is 821. The number of hydrogen-bond donors (Lipinski definition) is 1. The summed E-state index contributed by atoms with van der Waals surface area (Å²) in [4.78, 5) is 28.9. The number of aryl methyl sites for hydroxylation is 1. The molecule has 7 heteroatoms. The predicted molar refractivity (Wildman–Crippen MR) is 102 cm³/mol. The van der Waals surface area contributed by atoms with Crippen molar-refractivity contribution in [2.24, 2.45) is 11.3 Å². The summed E-state index contributed by atoms with van der Waals surface area (Å²) in [6.45, 7) is 5.22. The minimum atomic E-state index is -0.798. The third kappa shape index (κ3) is 3.41. The smallest absolute Gasteiger partial charge is 0.308 e. The molecule has 27 heavy (non-hydrogen) atoms. The Morgan fingerprint density at radius 2 is 2.11 bits per heavy atom. The first-order chi connectivity index (χ1) is 13.0.